The van der Waals surface area contributed by atoms with E-state index in [4.69, 9.17) is 15.4 Å². The maximum absolute atomic E-state index is 11.6. The lowest BCUT2D eigenvalue weighted by atomic mass is 10.2. The summed E-state index contributed by atoms with van der Waals surface area (Å²) in [7, 11) is 3.05. The van der Waals surface area contributed by atoms with Gasteiger partial charge in [-0.2, -0.15) is 0 Å². The number of para-hydroxylation sites is 1. The standard InChI is InChI=1S/C12H12ClN3O3S/c1-19-10-5-3-2-4-9(10)11-14-15-12(20(13,17)18)16(11)8-6-7-8/h2-5,8H,6-7H2,1H3. The fraction of sp³-hybridized carbons (Fsp3) is 0.333. The van der Waals surface area contributed by atoms with Gasteiger partial charge in [0.05, 0.1) is 12.7 Å². The van der Waals surface area contributed by atoms with Crippen LogP contribution in [0.5, 0.6) is 5.75 Å². The predicted molar refractivity (Wildman–Crippen MR) is 73.3 cm³/mol. The van der Waals surface area contributed by atoms with Crippen molar-refractivity contribution in [1.29, 1.82) is 0 Å². The van der Waals surface area contributed by atoms with E-state index in [1.165, 1.54) is 0 Å². The van der Waals surface area contributed by atoms with Crippen molar-refractivity contribution in [2.75, 3.05) is 7.11 Å². The molecule has 0 unspecified atom stereocenters. The van der Waals surface area contributed by atoms with E-state index in [0.29, 0.717) is 17.1 Å². The van der Waals surface area contributed by atoms with Crippen LogP contribution in [-0.2, 0) is 9.05 Å². The minimum atomic E-state index is -3.92. The van der Waals surface area contributed by atoms with Crippen molar-refractivity contribution in [3.05, 3.63) is 24.3 Å². The lowest BCUT2D eigenvalue weighted by Gasteiger charge is -2.10. The molecule has 0 amide bonds. The second-order valence-corrected chi connectivity index (χ2v) is 7.01. The maximum atomic E-state index is 11.6. The molecule has 0 atom stereocenters. The molecule has 8 heteroatoms. The predicted octanol–water partition coefficient (Wildman–Crippen LogP) is 2.22. The summed E-state index contributed by atoms with van der Waals surface area (Å²) in [5, 5.41) is 7.52. The van der Waals surface area contributed by atoms with Crippen LogP contribution in [0.2, 0.25) is 0 Å². The van der Waals surface area contributed by atoms with Crippen molar-refractivity contribution in [2.45, 2.75) is 24.0 Å². The van der Waals surface area contributed by atoms with Crippen molar-refractivity contribution in [3.63, 3.8) is 0 Å². The largest absolute Gasteiger partial charge is 0.496 e. The molecular formula is C12H12ClN3O3S. The molecule has 1 aromatic heterocycles. The van der Waals surface area contributed by atoms with E-state index >= 15 is 0 Å². The Labute approximate surface area is 120 Å². The van der Waals surface area contributed by atoms with Crippen LogP contribution in [0.1, 0.15) is 18.9 Å². The first-order valence-corrected chi connectivity index (χ1v) is 8.36. The minimum absolute atomic E-state index is 0.0773. The van der Waals surface area contributed by atoms with E-state index < -0.39 is 9.05 Å². The first kappa shape index (κ1) is 13.4. The molecule has 0 bridgehead atoms. The molecule has 1 heterocycles. The minimum Gasteiger partial charge on any atom is -0.496 e. The molecular weight excluding hydrogens is 302 g/mol. The van der Waals surface area contributed by atoms with Gasteiger partial charge in [0.25, 0.3) is 14.2 Å². The van der Waals surface area contributed by atoms with Gasteiger partial charge in [0.1, 0.15) is 5.75 Å². The Hall–Kier alpha value is -1.60. The van der Waals surface area contributed by atoms with Gasteiger partial charge in [-0.25, -0.2) is 8.42 Å². The van der Waals surface area contributed by atoms with Gasteiger partial charge in [-0.15, -0.1) is 10.2 Å². The molecule has 1 aliphatic rings. The van der Waals surface area contributed by atoms with E-state index in [0.717, 1.165) is 12.8 Å². The monoisotopic (exact) mass is 313 g/mol. The number of hydrogen-bond acceptors (Lipinski definition) is 5. The highest BCUT2D eigenvalue weighted by Gasteiger charge is 2.34. The van der Waals surface area contributed by atoms with Crippen molar-refractivity contribution in [2.24, 2.45) is 0 Å². The summed E-state index contributed by atoms with van der Waals surface area (Å²) >= 11 is 0. The Balaban J connectivity index is 2.22. The lowest BCUT2D eigenvalue weighted by Crippen LogP contribution is -2.06. The van der Waals surface area contributed by atoms with Gasteiger partial charge in [-0.05, 0) is 25.0 Å². The molecule has 0 radical (unpaired) electrons. The Bertz CT molecular complexity index is 753. The van der Waals surface area contributed by atoms with Crippen LogP contribution in [0, 0.1) is 0 Å². The van der Waals surface area contributed by atoms with Gasteiger partial charge in [-0.1, -0.05) is 12.1 Å². The summed E-state index contributed by atoms with van der Waals surface area (Å²) in [6.45, 7) is 0. The number of aromatic nitrogens is 3. The van der Waals surface area contributed by atoms with Gasteiger partial charge in [0, 0.05) is 16.7 Å². The van der Waals surface area contributed by atoms with Crippen LogP contribution in [0.3, 0.4) is 0 Å². The van der Waals surface area contributed by atoms with Crippen molar-refractivity contribution in [1.82, 2.24) is 14.8 Å². The number of halogens is 1. The van der Waals surface area contributed by atoms with E-state index in [1.807, 2.05) is 18.2 Å². The fourth-order valence-corrected chi connectivity index (χ4v) is 3.04. The first-order valence-electron chi connectivity index (χ1n) is 6.05. The number of rotatable bonds is 4. The average Bonchev–Trinajstić information content (AvgIpc) is 3.15. The first-order chi connectivity index (χ1) is 9.52. The van der Waals surface area contributed by atoms with Crippen LogP contribution in [-0.4, -0.2) is 30.3 Å². The molecule has 1 aromatic carbocycles. The highest BCUT2D eigenvalue weighted by molar-refractivity contribution is 8.13. The Morgan fingerprint density at radius 3 is 2.60 bits per heavy atom. The molecule has 0 saturated heterocycles. The summed E-state index contributed by atoms with van der Waals surface area (Å²) in [5.74, 6) is 1.07. The van der Waals surface area contributed by atoms with E-state index in [1.54, 1.807) is 17.7 Å². The van der Waals surface area contributed by atoms with E-state index in [9.17, 15) is 8.42 Å². The number of ether oxygens (including phenoxy) is 1. The molecule has 20 heavy (non-hydrogen) atoms. The molecule has 0 spiro atoms. The average molecular weight is 314 g/mol. The zero-order chi connectivity index (χ0) is 14.3. The molecule has 1 fully saturated rings. The second-order valence-electron chi connectivity index (χ2n) is 4.55. The van der Waals surface area contributed by atoms with Gasteiger partial charge in [0.2, 0.25) is 0 Å². The Morgan fingerprint density at radius 1 is 1.30 bits per heavy atom. The second kappa shape index (κ2) is 4.75. The third-order valence-electron chi connectivity index (χ3n) is 3.14. The fourth-order valence-electron chi connectivity index (χ4n) is 2.12. The van der Waals surface area contributed by atoms with Crippen LogP contribution in [0.4, 0.5) is 0 Å². The molecule has 0 aliphatic heterocycles. The molecule has 106 valence electrons. The normalized spacial score (nSPS) is 15.3. The number of methoxy groups -OCH3 is 1. The quantitative estimate of drug-likeness (QED) is 0.809. The molecule has 1 saturated carbocycles. The lowest BCUT2D eigenvalue weighted by molar-refractivity contribution is 0.415. The SMILES string of the molecule is COc1ccccc1-c1nnc(S(=O)(=O)Cl)n1C1CC1. The summed E-state index contributed by atoms with van der Waals surface area (Å²) < 4.78 is 30.1. The Kier molecular flexibility index (Phi) is 3.18. The van der Waals surface area contributed by atoms with Gasteiger partial charge in [-0.3, -0.25) is 4.57 Å². The van der Waals surface area contributed by atoms with Gasteiger partial charge in [0.15, 0.2) is 5.82 Å². The van der Waals surface area contributed by atoms with Gasteiger partial charge < -0.3 is 4.74 Å². The number of hydrogen-bond donors (Lipinski definition) is 0. The third-order valence-corrected chi connectivity index (χ3v) is 4.27. The third kappa shape index (κ3) is 2.27. The number of nitrogens with zero attached hydrogens (tertiary/aromatic N) is 3. The molecule has 6 nitrogen and oxygen atoms in total. The van der Waals surface area contributed by atoms with E-state index in [2.05, 4.69) is 10.2 Å². The maximum Gasteiger partial charge on any atom is 0.296 e. The van der Waals surface area contributed by atoms with Crippen LogP contribution >= 0.6 is 10.7 Å². The molecule has 3 rings (SSSR count). The zero-order valence-corrected chi connectivity index (χ0v) is 12.2. The van der Waals surface area contributed by atoms with Crippen LogP contribution < -0.4 is 4.74 Å². The number of benzene rings is 1. The highest BCUT2D eigenvalue weighted by atomic mass is 35.7. The van der Waals surface area contributed by atoms with Crippen LogP contribution in [0.15, 0.2) is 29.4 Å². The van der Waals surface area contributed by atoms with E-state index in [-0.39, 0.29) is 11.2 Å². The summed E-state index contributed by atoms with van der Waals surface area (Å²) in [6.07, 6.45) is 1.78. The van der Waals surface area contributed by atoms with Crippen molar-refractivity contribution >= 4 is 19.7 Å². The van der Waals surface area contributed by atoms with Gasteiger partial charge >= 0.3 is 0 Å². The van der Waals surface area contributed by atoms with Crippen LogP contribution in [0.25, 0.3) is 11.4 Å². The summed E-state index contributed by atoms with van der Waals surface area (Å²) in [4.78, 5) is 0. The molecule has 1 aliphatic carbocycles. The smallest absolute Gasteiger partial charge is 0.296 e. The zero-order valence-electron chi connectivity index (χ0n) is 10.7. The summed E-state index contributed by atoms with van der Waals surface area (Å²) in [6, 6.07) is 7.34. The topological polar surface area (TPSA) is 74.1 Å². The highest BCUT2D eigenvalue weighted by Crippen LogP contribution is 2.41. The van der Waals surface area contributed by atoms with Crippen molar-refractivity contribution in [3.8, 4) is 17.1 Å². The molecule has 0 N–H and O–H groups in total. The Morgan fingerprint density at radius 2 is 2.00 bits per heavy atom. The van der Waals surface area contributed by atoms with Crippen molar-refractivity contribution < 1.29 is 13.2 Å². The summed E-state index contributed by atoms with van der Waals surface area (Å²) in [5.41, 5.74) is 0.695. The molecule has 2 aromatic rings.